The summed E-state index contributed by atoms with van der Waals surface area (Å²) in [5, 5.41) is 0. The Morgan fingerprint density at radius 2 is 1.78 bits per heavy atom. The minimum absolute atomic E-state index is 0.659. The molecule has 2 rings (SSSR count). The molecule has 1 saturated carbocycles. The van der Waals surface area contributed by atoms with Crippen molar-refractivity contribution in [1.82, 2.24) is 0 Å². The normalized spacial score (nSPS) is 23.7. The van der Waals surface area contributed by atoms with E-state index in [2.05, 4.69) is 13.0 Å². The lowest BCUT2D eigenvalue weighted by Gasteiger charge is -2.41. The largest absolute Gasteiger partial charge is 0.0848 e. The molecule has 1 fully saturated rings. The number of rotatable bonds is 6. The Kier molecular flexibility index (Phi) is 5.79. The van der Waals surface area contributed by atoms with Gasteiger partial charge in [-0.2, -0.15) is 0 Å². The summed E-state index contributed by atoms with van der Waals surface area (Å²) >= 11 is 0. The van der Waals surface area contributed by atoms with Gasteiger partial charge in [0.2, 0.25) is 0 Å². The van der Waals surface area contributed by atoms with Crippen LogP contribution in [0.2, 0.25) is 0 Å². The zero-order chi connectivity index (χ0) is 12.7. The monoisotopic (exact) mass is 248 g/mol. The van der Waals surface area contributed by atoms with Gasteiger partial charge in [-0.25, -0.2) is 0 Å². The first-order chi connectivity index (χ1) is 8.87. The zero-order valence-corrected chi connectivity index (χ0v) is 12.5. The van der Waals surface area contributed by atoms with Crippen molar-refractivity contribution in [3.8, 4) is 0 Å². The molecular formula is C18H32. The summed E-state index contributed by atoms with van der Waals surface area (Å²) in [6, 6.07) is 0. The van der Waals surface area contributed by atoms with Gasteiger partial charge in [0.05, 0.1) is 0 Å². The van der Waals surface area contributed by atoms with Crippen molar-refractivity contribution in [1.29, 1.82) is 0 Å². The standard InChI is InChI=1S/C18H32/c1-2-3-4-9-14-18(15-10-6-11-16-18)17-12-7-5-8-13-17/h12H,2-11,13-16H2,1H3. The maximum Gasteiger partial charge on any atom is -0.00881 e. The smallest absolute Gasteiger partial charge is 0.00881 e. The number of hydrogen-bond acceptors (Lipinski definition) is 0. The fourth-order valence-corrected chi connectivity index (χ4v) is 4.17. The van der Waals surface area contributed by atoms with Crippen molar-refractivity contribution in [2.24, 2.45) is 5.41 Å². The molecule has 2 aliphatic rings. The third-order valence-electron chi connectivity index (χ3n) is 5.29. The Hall–Kier alpha value is -0.260. The third-order valence-corrected chi connectivity index (χ3v) is 5.29. The highest BCUT2D eigenvalue weighted by Gasteiger charge is 2.34. The van der Waals surface area contributed by atoms with E-state index < -0.39 is 0 Å². The minimum atomic E-state index is 0.659. The Bertz CT molecular complexity index is 255. The van der Waals surface area contributed by atoms with Crippen molar-refractivity contribution in [3.63, 3.8) is 0 Å². The minimum Gasteiger partial charge on any atom is -0.0848 e. The van der Waals surface area contributed by atoms with Gasteiger partial charge in [0, 0.05) is 0 Å². The lowest BCUT2D eigenvalue weighted by atomic mass is 9.64. The average Bonchev–Trinajstić information content (AvgIpc) is 2.46. The average molecular weight is 248 g/mol. The lowest BCUT2D eigenvalue weighted by molar-refractivity contribution is 0.205. The van der Waals surface area contributed by atoms with Gasteiger partial charge in [0.15, 0.2) is 0 Å². The molecule has 0 spiro atoms. The van der Waals surface area contributed by atoms with E-state index in [9.17, 15) is 0 Å². The van der Waals surface area contributed by atoms with Crippen LogP contribution in [0.25, 0.3) is 0 Å². The highest BCUT2D eigenvalue weighted by Crippen LogP contribution is 2.49. The first-order valence-corrected chi connectivity index (χ1v) is 8.57. The maximum atomic E-state index is 2.63. The highest BCUT2D eigenvalue weighted by atomic mass is 14.4. The number of hydrogen-bond donors (Lipinski definition) is 0. The van der Waals surface area contributed by atoms with Crippen LogP contribution < -0.4 is 0 Å². The molecule has 0 radical (unpaired) electrons. The molecule has 0 heteroatoms. The molecule has 0 nitrogen and oxygen atoms in total. The van der Waals surface area contributed by atoms with Crippen molar-refractivity contribution in [2.45, 2.75) is 96.8 Å². The van der Waals surface area contributed by atoms with Crippen molar-refractivity contribution in [3.05, 3.63) is 11.6 Å². The van der Waals surface area contributed by atoms with Gasteiger partial charge in [-0.15, -0.1) is 0 Å². The highest BCUT2D eigenvalue weighted by molar-refractivity contribution is 5.17. The van der Waals surface area contributed by atoms with Crippen molar-refractivity contribution >= 4 is 0 Å². The second-order valence-electron chi connectivity index (χ2n) is 6.63. The van der Waals surface area contributed by atoms with E-state index in [1.54, 1.807) is 0 Å². The van der Waals surface area contributed by atoms with Crippen LogP contribution in [0.5, 0.6) is 0 Å². The lowest BCUT2D eigenvalue weighted by Crippen LogP contribution is -2.27. The Labute approximate surface area is 114 Å². The summed E-state index contributed by atoms with van der Waals surface area (Å²) in [5.74, 6) is 0. The van der Waals surface area contributed by atoms with E-state index in [1.807, 2.05) is 5.57 Å². The van der Waals surface area contributed by atoms with Crippen molar-refractivity contribution < 1.29 is 0 Å². The molecule has 0 saturated heterocycles. The van der Waals surface area contributed by atoms with Gasteiger partial charge in [-0.3, -0.25) is 0 Å². The summed E-state index contributed by atoms with van der Waals surface area (Å²) in [6.45, 7) is 2.32. The van der Waals surface area contributed by atoms with E-state index in [0.717, 1.165) is 0 Å². The fraction of sp³-hybridized carbons (Fsp3) is 0.889. The van der Waals surface area contributed by atoms with E-state index in [1.165, 1.54) is 89.9 Å². The van der Waals surface area contributed by atoms with Gasteiger partial charge < -0.3 is 0 Å². The van der Waals surface area contributed by atoms with Crippen LogP contribution in [0.15, 0.2) is 11.6 Å². The second-order valence-corrected chi connectivity index (χ2v) is 6.63. The third kappa shape index (κ3) is 3.62. The Morgan fingerprint density at radius 1 is 0.944 bits per heavy atom. The van der Waals surface area contributed by atoms with Gasteiger partial charge in [0.25, 0.3) is 0 Å². The molecule has 18 heavy (non-hydrogen) atoms. The van der Waals surface area contributed by atoms with E-state index >= 15 is 0 Å². The van der Waals surface area contributed by atoms with E-state index in [-0.39, 0.29) is 0 Å². The maximum absolute atomic E-state index is 2.63. The van der Waals surface area contributed by atoms with Gasteiger partial charge in [0.1, 0.15) is 0 Å². The molecule has 0 bridgehead atoms. The van der Waals surface area contributed by atoms with Gasteiger partial charge in [-0.1, -0.05) is 63.5 Å². The molecule has 0 aromatic rings. The predicted octanol–water partition coefficient (Wildman–Crippen LogP) is 6.41. The van der Waals surface area contributed by atoms with Crippen LogP contribution in [-0.2, 0) is 0 Å². The molecule has 0 aromatic heterocycles. The predicted molar refractivity (Wildman–Crippen MR) is 80.8 cm³/mol. The molecule has 0 heterocycles. The molecule has 0 aromatic carbocycles. The first-order valence-electron chi connectivity index (χ1n) is 8.57. The van der Waals surface area contributed by atoms with Crippen LogP contribution in [0.4, 0.5) is 0 Å². The number of unbranched alkanes of at least 4 members (excludes halogenated alkanes) is 3. The van der Waals surface area contributed by atoms with Gasteiger partial charge in [-0.05, 0) is 50.4 Å². The molecule has 0 unspecified atom stereocenters. The molecule has 0 atom stereocenters. The van der Waals surface area contributed by atoms with Crippen LogP contribution in [0.1, 0.15) is 96.8 Å². The summed E-state index contributed by atoms with van der Waals surface area (Å²) in [6.07, 6.45) is 23.1. The molecule has 2 aliphatic carbocycles. The SMILES string of the molecule is CCCCCCC1(C2=CCCCC2)CCCCC1. The van der Waals surface area contributed by atoms with Gasteiger partial charge >= 0.3 is 0 Å². The van der Waals surface area contributed by atoms with Crippen LogP contribution in [-0.4, -0.2) is 0 Å². The fourth-order valence-electron chi connectivity index (χ4n) is 4.17. The molecule has 0 N–H and O–H groups in total. The first kappa shape index (κ1) is 14.2. The summed E-state index contributed by atoms with van der Waals surface area (Å²) in [5.41, 5.74) is 2.54. The topological polar surface area (TPSA) is 0 Å². The van der Waals surface area contributed by atoms with Crippen LogP contribution >= 0.6 is 0 Å². The molecule has 104 valence electrons. The molecular weight excluding hydrogens is 216 g/mol. The molecule has 0 aliphatic heterocycles. The number of allylic oxidation sites excluding steroid dienone is 2. The zero-order valence-electron chi connectivity index (χ0n) is 12.5. The summed E-state index contributed by atoms with van der Waals surface area (Å²) in [4.78, 5) is 0. The summed E-state index contributed by atoms with van der Waals surface area (Å²) in [7, 11) is 0. The van der Waals surface area contributed by atoms with Crippen molar-refractivity contribution in [2.75, 3.05) is 0 Å². The quantitative estimate of drug-likeness (QED) is 0.376. The summed E-state index contributed by atoms with van der Waals surface area (Å²) < 4.78 is 0. The van der Waals surface area contributed by atoms with Crippen LogP contribution in [0.3, 0.4) is 0 Å². The molecule has 0 amide bonds. The Morgan fingerprint density at radius 3 is 2.44 bits per heavy atom. The second kappa shape index (κ2) is 7.36. The Balaban J connectivity index is 1.95. The van der Waals surface area contributed by atoms with E-state index in [0.29, 0.717) is 5.41 Å². The van der Waals surface area contributed by atoms with E-state index in [4.69, 9.17) is 0 Å². The van der Waals surface area contributed by atoms with Crippen LogP contribution in [0, 0.1) is 5.41 Å².